The quantitative estimate of drug-likeness (QED) is 0.180. The van der Waals surface area contributed by atoms with Crippen molar-refractivity contribution in [3.05, 3.63) is 199 Å². The maximum atomic E-state index is 5.21. The summed E-state index contributed by atoms with van der Waals surface area (Å²) in [6, 6.07) is 58.9. The molecule has 1 aliphatic rings. The Kier molecular flexibility index (Phi) is 6.96. The summed E-state index contributed by atoms with van der Waals surface area (Å²) in [7, 11) is 0. The van der Waals surface area contributed by atoms with E-state index in [1.54, 1.807) is 0 Å². The van der Waals surface area contributed by atoms with Gasteiger partial charge in [0, 0.05) is 44.7 Å². The van der Waals surface area contributed by atoms with Crippen molar-refractivity contribution in [2.75, 3.05) is 0 Å². The van der Waals surface area contributed by atoms with Crippen molar-refractivity contribution in [3.63, 3.8) is 0 Å². The summed E-state index contributed by atoms with van der Waals surface area (Å²) < 4.78 is 4.67. The molecule has 54 heavy (non-hydrogen) atoms. The highest BCUT2D eigenvalue weighted by molar-refractivity contribution is 6.12. The van der Waals surface area contributed by atoms with Crippen molar-refractivity contribution >= 4 is 60.2 Å². The molecule has 0 N–H and O–H groups in total. The minimum Gasteiger partial charge on any atom is -0.309 e. The van der Waals surface area contributed by atoms with Crippen molar-refractivity contribution in [1.82, 2.24) is 19.1 Å². The zero-order valence-electron chi connectivity index (χ0n) is 29.5. The third-order valence-corrected chi connectivity index (χ3v) is 11.1. The Balaban J connectivity index is 1.05. The van der Waals surface area contributed by atoms with Crippen molar-refractivity contribution in [2.24, 2.45) is 0 Å². The lowest BCUT2D eigenvalue weighted by Crippen LogP contribution is -2.03. The van der Waals surface area contributed by atoms with Crippen LogP contribution in [0.4, 0.5) is 0 Å². The number of para-hydroxylation sites is 3. The molecule has 4 aromatic heterocycles. The fourth-order valence-electron chi connectivity index (χ4n) is 8.57. The molecular weight excluding hydrogens is 657 g/mol. The lowest BCUT2D eigenvalue weighted by molar-refractivity contribution is 0.857. The molecule has 0 bridgehead atoms. The first kappa shape index (κ1) is 30.6. The highest BCUT2D eigenvalue weighted by Crippen LogP contribution is 2.39. The van der Waals surface area contributed by atoms with Crippen LogP contribution in [0.2, 0.25) is 0 Å². The number of nitrogens with zero attached hydrogens (tertiary/aromatic N) is 4. The molecule has 0 aliphatic heterocycles. The number of allylic oxidation sites excluding steroid dienone is 4. The van der Waals surface area contributed by atoms with Crippen LogP contribution in [0, 0.1) is 0 Å². The van der Waals surface area contributed by atoms with Gasteiger partial charge in [-0.25, -0.2) is 9.97 Å². The van der Waals surface area contributed by atoms with E-state index in [1.165, 1.54) is 60.5 Å². The molecule has 4 heteroatoms. The number of pyridine rings is 2. The predicted molar refractivity (Wildman–Crippen MR) is 225 cm³/mol. The summed E-state index contributed by atoms with van der Waals surface area (Å²) in [4.78, 5) is 9.98. The first-order valence-electron chi connectivity index (χ1n) is 18.6. The number of hydrogen-bond acceptors (Lipinski definition) is 2. The first-order chi connectivity index (χ1) is 26.8. The van der Waals surface area contributed by atoms with E-state index < -0.39 is 0 Å². The third-order valence-electron chi connectivity index (χ3n) is 11.1. The molecule has 4 nitrogen and oxygen atoms in total. The predicted octanol–water partition coefficient (Wildman–Crippen LogP) is 12.6. The van der Waals surface area contributed by atoms with Gasteiger partial charge < -0.3 is 4.57 Å². The molecule has 0 saturated carbocycles. The van der Waals surface area contributed by atoms with Gasteiger partial charge in [-0.15, -0.1) is 0 Å². The van der Waals surface area contributed by atoms with Crippen molar-refractivity contribution in [1.29, 1.82) is 0 Å². The van der Waals surface area contributed by atoms with Crippen LogP contribution in [-0.2, 0) is 0 Å². The number of fused-ring (bicyclic) bond motifs is 7. The molecule has 1 unspecified atom stereocenters. The molecule has 254 valence electrons. The van der Waals surface area contributed by atoms with Gasteiger partial charge in [0.15, 0.2) is 5.65 Å². The van der Waals surface area contributed by atoms with Crippen LogP contribution in [-0.4, -0.2) is 19.1 Å². The van der Waals surface area contributed by atoms with Crippen molar-refractivity contribution in [2.45, 2.75) is 12.3 Å². The van der Waals surface area contributed by atoms with Gasteiger partial charge in [0.2, 0.25) is 0 Å². The van der Waals surface area contributed by atoms with Crippen molar-refractivity contribution < 1.29 is 0 Å². The van der Waals surface area contributed by atoms with Gasteiger partial charge in [-0.05, 0) is 101 Å². The Bertz CT molecular complexity index is 3130. The highest BCUT2D eigenvalue weighted by Gasteiger charge is 2.20. The fraction of sp³-hybridized carbons (Fsp3) is 0.0400. The fourth-order valence-corrected chi connectivity index (χ4v) is 8.57. The SMILES string of the molecule is C1=CC(c2ccccc2)CC=C1c1cc(-n2c3ccccc3c3cc(-c4ccc5c(c4)c4ccccc4n5-c4ccccc4)ccc32)nc2ncccc12. The average Bonchev–Trinajstić information content (AvgIpc) is 3.76. The Morgan fingerprint density at radius 3 is 1.78 bits per heavy atom. The monoisotopic (exact) mass is 690 g/mol. The van der Waals surface area contributed by atoms with E-state index >= 15 is 0 Å². The number of benzene rings is 6. The first-order valence-corrected chi connectivity index (χ1v) is 18.6. The van der Waals surface area contributed by atoms with E-state index in [4.69, 9.17) is 9.97 Å². The molecular formula is C50H34N4. The third kappa shape index (κ3) is 4.84. The molecule has 0 radical (unpaired) electrons. The Labute approximate surface area is 312 Å². The molecule has 6 aromatic carbocycles. The normalized spacial score (nSPS) is 14.4. The molecule has 0 saturated heterocycles. The molecule has 0 fully saturated rings. The van der Waals surface area contributed by atoms with Crippen LogP contribution < -0.4 is 0 Å². The highest BCUT2D eigenvalue weighted by atomic mass is 15.1. The van der Waals surface area contributed by atoms with Gasteiger partial charge in [0.05, 0.1) is 22.1 Å². The second-order valence-electron chi connectivity index (χ2n) is 14.2. The molecule has 0 amide bonds. The van der Waals surface area contributed by atoms with Crippen LogP contribution in [0.25, 0.3) is 82.9 Å². The average molecular weight is 691 g/mol. The lowest BCUT2D eigenvalue weighted by Gasteiger charge is -2.18. The van der Waals surface area contributed by atoms with Crippen LogP contribution in [0.1, 0.15) is 23.5 Å². The zero-order chi connectivity index (χ0) is 35.6. The minimum absolute atomic E-state index is 0.371. The van der Waals surface area contributed by atoms with Crippen LogP contribution in [0.5, 0.6) is 0 Å². The minimum atomic E-state index is 0.371. The van der Waals surface area contributed by atoms with Crippen molar-refractivity contribution in [3.8, 4) is 22.6 Å². The smallest absolute Gasteiger partial charge is 0.162 e. The number of hydrogen-bond donors (Lipinski definition) is 0. The largest absolute Gasteiger partial charge is 0.309 e. The van der Waals surface area contributed by atoms with Gasteiger partial charge in [0.25, 0.3) is 0 Å². The van der Waals surface area contributed by atoms with E-state index in [1.807, 2.05) is 12.3 Å². The van der Waals surface area contributed by atoms with Gasteiger partial charge in [-0.2, -0.15) is 0 Å². The van der Waals surface area contributed by atoms with Gasteiger partial charge in [0.1, 0.15) is 5.82 Å². The lowest BCUT2D eigenvalue weighted by atomic mass is 9.88. The summed E-state index contributed by atoms with van der Waals surface area (Å²) in [5, 5.41) is 5.95. The molecule has 11 rings (SSSR count). The summed E-state index contributed by atoms with van der Waals surface area (Å²) in [6.45, 7) is 0. The summed E-state index contributed by atoms with van der Waals surface area (Å²) >= 11 is 0. The van der Waals surface area contributed by atoms with E-state index in [-0.39, 0.29) is 0 Å². The standard InChI is InChI=1S/C50H34N4/c1-3-12-33(13-4-1)34-21-23-35(24-22-34)42-32-49(52-50-41(42)18-11-29-51-50)54-46-20-10-8-17-40(46)44-31-37(26-28-48(44)54)36-25-27-47-43(30-36)39-16-7-9-19-45(39)53(47)38-14-5-2-6-15-38/h1-21,23-32,34H,22H2. The molecule has 1 aliphatic carbocycles. The van der Waals surface area contributed by atoms with Crippen LogP contribution in [0.15, 0.2) is 188 Å². The van der Waals surface area contributed by atoms with Crippen LogP contribution in [0.3, 0.4) is 0 Å². The summed E-state index contributed by atoms with van der Waals surface area (Å²) in [6.07, 6.45) is 9.78. The zero-order valence-corrected chi connectivity index (χ0v) is 29.5. The molecule has 1 atom stereocenters. The van der Waals surface area contributed by atoms with Crippen LogP contribution >= 0.6 is 0 Å². The van der Waals surface area contributed by atoms with Gasteiger partial charge in [-0.1, -0.05) is 115 Å². The molecule has 4 heterocycles. The maximum absolute atomic E-state index is 5.21. The van der Waals surface area contributed by atoms with E-state index in [0.29, 0.717) is 5.92 Å². The van der Waals surface area contributed by atoms with E-state index in [2.05, 4.69) is 185 Å². The topological polar surface area (TPSA) is 35.6 Å². The molecule has 10 aromatic rings. The second kappa shape index (κ2) is 12.3. The maximum Gasteiger partial charge on any atom is 0.162 e. The van der Waals surface area contributed by atoms with E-state index in [9.17, 15) is 0 Å². The van der Waals surface area contributed by atoms with Gasteiger partial charge >= 0.3 is 0 Å². The Morgan fingerprint density at radius 2 is 1.09 bits per heavy atom. The Morgan fingerprint density at radius 1 is 0.500 bits per heavy atom. The second-order valence-corrected chi connectivity index (χ2v) is 14.2. The van der Waals surface area contributed by atoms with E-state index in [0.717, 1.165) is 39.9 Å². The molecule has 0 spiro atoms. The number of aromatic nitrogens is 4. The summed E-state index contributed by atoms with van der Waals surface area (Å²) in [5.41, 5.74) is 12.6. The number of rotatable bonds is 5. The summed E-state index contributed by atoms with van der Waals surface area (Å²) in [5.74, 6) is 1.24. The van der Waals surface area contributed by atoms with Gasteiger partial charge in [-0.3, -0.25) is 4.57 Å². The Hall–Kier alpha value is -7.04.